The van der Waals surface area contributed by atoms with Crippen molar-refractivity contribution in [1.29, 1.82) is 0 Å². The van der Waals surface area contributed by atoms with Crippen molar-refractivity contribution < 1.29 is 22.0 Å². The second-order valence-electron chi connectivity index (χ2n) is 7.83. The zero-order chi connectivity index (χ0) is 23.2. The number of halogens is 5. The third-order valence-electron chi connectivity index (χ3n) is 4.57. The molecule has 5 N–H and O–H groups in total. The summed E-state index contributed by atoms with van der Waals surface area (Å²) >= 11 is 1.08. The number of hydrazone groups is 1. The molecule has 0 saturated heterocycles. The van der Waals surface area contributed by atoms with Gasteiger partial charge in [-0.3, -0.25) is 0 Å². The van der Waals surface area contributed by atoms with Gasteiger partial charge in [0.15, 0.2) is 5.84 Å². The fourth-order valence-electron chi connectivity index (χ4n) is 3.40. The van der Waals surface area contributed by atoms with Gasteiger partial charge in [0.05, 0.1) is 6.54 Å². The first kappa shape index (κ1) is 25.5. The van der Waals surface area contributed by atoms with Crippen molar-refractivity contribution in [3.05, 3.63) is 23.8 Å². The number of hydrogen-bond acceptors (Lipinski definition) is 6. The summed E-state index contributed by atoms with van der Waals surface area (Å²) in [5.74, 6) is 2.28. The second kappa shape index (κ2) is 10.7. The maximum atomic E-state index is 13.3. The molecule has 176 valence electrons. The lowest BCUT2D eigenvalue weighted by Crippen LogP contribution is -2.37. The van der Waals surface area contributed by atoms with Crippen molar-refractivity contribution in [1.82, 2.24) is 9.42 Å². The van der Waals surface area contributed by atoms with E-state index in [4.69, 9.17) is 11.6 Å². The van der Waals surface area contributed by atoms with E-state index in [0.29, 0.717) is 16.1 Å². The lowest BCUT2D eigenvalue weighted by Gasteiger charge is -2.26. The van der Waals surface area contributed by atoms with E-state index in [1.807, 2.05) is 0 Å². The lowest BCUT2D eigenvalue weighted by molar-refractivity contribution is -0.146. The van der Waals surface area contributed by atoms with Crippen molar-refractivity contribution in [2.75, 3.05) is 25.5 Å². The van der Waals surface area contributed by atoms with Gasteiger partial charge in [-0.15, -0.1) is 5.10 Å². The smallest absolute Gasteiger partial charge is 0.382 e. The predicted octanol–water partition coefficient (Wildman–Crippen LogP) is 4.38. The highest BCUT2D eigenvalue weighted by molar-refractivity contribution is 7.97. The number of nitrogens with two attached hydrogens (primary N) is 2. The van der Waals surface area contributed by atoms with Gasteiger partial charge in [-0.1, -0.05) is 19.3 Å². The van der Waals surface area contributed by atoms with Crippen LogP contribution in [0.2, 0.25) is 0 Å². The number of amidine groups is 1. The molecule has 0 bridgehead atoms. The van der Waals surface area contributed by atoms with Crippen LogP contribution in [0, 0.1) is 0 Å². The molecule has 0 radical (unpaired) electrons. The van der Waals surface area contributed by atoms with Crippen LogP contribution in [0.4, 0.5) is 27.6 Å². The number of alkyl halides is 5. The topological polar surface area (TPSA) is 82.9 Å². The molecule has 0 aliphatic heterocycles. The van der Waals surface area contributed by atoms with Crippen LogP contribution in [0.25, 0.3) is 0 Å². The maximum Gasteiger partial charge on any atom is 0.409 e. The Labute approximate surface area is 183 Å². The Morgan fingerprint density at radius 3 is 2.39 bits per heavy atom. The average Bonchev–Trinajstić information content (AvgIpc) is 2.60. The van der Waals surface area contributed by atoms with Gasteiger partial charge in [-0.05, 0) is 50.0 Å². The summed E-state index contributed by atoms with van der Waals surface area (Å²) in [5, 5.41) is 7.29. The molecule has 0 unspecified atom stereocenters. The van der Waals surface area contributed by atoms with Gasteiger partial charge in [0.2, 0.25) is 0 Å². The molecule has 2 rings (SSSR count). The average molecular weight is 469 g/mol. The molecule has 1 saturated carbocycles. The summed E-state index contributed by atoms with van der Waals surface area (Å²) in [6, 6.07) is 5.30. The Kier molecular flexibility index (Phi) is 8.78. The fraction of sp³-hybridized carbons (Fsp3) is 0.632. The number of anilines is 1. The third-order valence-corrected chi connectivity index (χ3v) is 5.48. The first-order valence-electron chi connectivity index (χ1n) is 9.93. The van der Waals surface area contributed by atoms with Crippen LogP contribution >= 0.6 is 11.9 Å². The highest BCUT2D eigenvalue weighted by atomic mass is 32.2. The number of hydrazine groups is 1. The van der Waals surface area contributed by atoms with E-state index in [9.17, 15) is 22.0 Å². The molecule has 1 aromatic carbocycles. The Morgan fingerprint density at radius 1 is 1.16 bits per heavy atom. The summed E-state index contributed by atoms with van der Waals surface area (Å²) in [4.78, 5) is 0.591. The quantitative estimate of drug-likeness (QED) is 0.125. The van der Waals surface area contributed by atoms with E-state index in [0.717, 1.165) is 51.0 Å². The van der Waals surface area contributed by atoms with Crippen molar-refractivity contribution in [2.45, 2.75) is 62.1 Å². The SMILES string of the molecule is CN(CC(C)(F)F)Sc1ccc(NC2CCCCC2)c(/C(N)=N/N(N)CC(F)(F)F)c1. The standard InChI is InChI=1S/C19H29F5N6S/c1-18(20,21)11-29(2)31-14-8-9-16(27-13-6-4-3-5-7-13)15(10-14)17(25)28-30(26)12-19(22,23)24/h8-10,13,27H,3-7,11-12,26H2,1-2H3,(H2,25,28). The minimum atomic E-state index is -4.53. The maximum absolute atomic E-state index is 13.3. The van der Waals surface area contributed by atoms with Crippen molar-refractivity contribution in [3.63, 3.8) is 0 Å². The van der Waals surface area contributed by atoms with Gasteiger partial charge in [0.1, 0.15) is 6.54 Å². The van der Waals surface area contributed by atoms with Gasteiger partial charge < -0.3 is 11.1 Å². The predicted molar refractivity (Wildman–Crippen MR) is 114 cm³/mol. The Balaban J connectivity index is 2.27. The number of nitrogens with one attached hydrogen (secondary N) is 1. The summed E-state index contributed by atoms with van der Waals surface area (Å²) in [7, 11) is 1.53. The molecular weight excluding hydrogens is 439 g/mol. The molecule has 6 nitrogen and oxygen atoms in total. The van der Waals surface area contributed by atoms with Crippen LogP contribution in [-0.4, -0.2) is 53.5 Å². The zero-order valence-electron chi connectivity index (χ0n) is 17.6. The van der Waals surface area contributed by atoms with E-state index >= 15 is 0 Å². The number of benzene rings is 1. The molecule has 0 atom stereocenters. The van der Waals surface area contributed by atoms with Crippen molar-refractivity contribution in [2.24, 2.45) is 16.7 Å². The monoisotopic (exact) mass is 468 g/mol. The zero-order valence-corrected chi connectivity index (χ0v) is 18.4. The molecule has 1 aromatic rings. The molecule has 31 heavy (non-hydrogen) atoms. The molecule has 0 aromatic heterocycles. The second-order valence-corrected chi connectivity index (χ2v) is 9.11. The number of rotatable bonds is 9. The Hall–Kier alpha value is -1.79. The summed E-state index contributed by atoms with van der Waals surface area (Å²) in [6.45, 7) is -1.10. The molecule has 1 fully saturated rings. The highest BCUT2D eigenvalue weighted by Gasteiger charge is 2.30. The van der Waals surface area contributed by atoms with E-state index in [-0.39, 0.29) is 17.0 Å². The van der Waals surface area contributed by atoms with Crippen LogP contribution in [0.1, 0.15) is 44.6 Å². The normalized spacial score (nSPS) is 16.6. The lowest BCUT2D eigenvalue weighted by atomic mass is 9.95. The summed E-state index contributed by atoms with van der Waals surface area (Å²) in [5.41, 5.74) is 6.98. The molecule has 0 heterocycles. The van der Waals surface area contributed by atoms with Gasteiger partial charge in [0, 0.05) is 29.1 Å². The van der Waals surface area contributed by atoms with Gasteiger partial charge >= 0.3 is 6.18 Å². The van der Waals surface area contributed by atoms with Gasteiger partial charge in [-0.25, -0.2) is 24.0 Å². The van der Waals surface area contributed by atoms with Gasteiger partial charge in [-0.2, -0.15) is 13.2 Å². The minimum Gasteiger partial charge on any atom is -0.382 e. The summed E-state index contributed by atoms with van der Waals surface area (Å²) < 4.78 is 65.6. The molecule has 1 aliphatic rings. The third kappa shape index (κ3) is 9.48. The Bertz CT molecular complexity index is 746. The van der Waals surface area contributed by atoms with Crippen molar-refractivity contribution >= 4 is 23.5 Å². The molecular formula is C19H29F5N6S. The molecule has 12 heteroatoms. The minimum absolute atomic E-state index is 0.198. The largest absolute Gasteiger partial charge is 0.409 e. The van der Waals surface area contributed by atoms with Gasteiger partial charge in [0.25, 0.3) is 5.92 Å². The van der Waals surface area contributed by atoms with E-state index < -0.39 is 25.2 Å². The summed E-state index contributed by atoms with van der Waals surface area (Å²) in [6.07, 6.45) is 0.744. The fourth-order valence-corrected chi connectivity index (χ4v) is 4.35. The van der Waals surface area contributed by atoms with E-state index in [1.54, 1.807) is 18.2 Å². The van der Waals surface area contributed by atoms with Crippen LogP contribution in [0.5, 0.6) is 0 Å². The first-order valence-corrected chi connectivity index (χ1v) is 10.7. The molecule has 0 amide bonds. The molecule has 0 spiro atoms. The highest BCUT2D eigenvalue weighted by Crippen LogP contribution is 2.30. The van der Waals surface area contributed by atoms with Crippen molar-refractivity contribution in [3.8, 4) is 0 Å². The number of nitrogens with zero attached hydrogens (tertiary/aromatic N) is 3. The van der Waals surface area contributed by atoms with Crippen LogP contribution in [-0.2, 0) is 0 Å². The van der Waals surface area contributed by atoms with Crippen LogP contribution in [0.3, 0.4) is 0 Å². The van der Waals surface area contributed by atoms with E-state index in [2.05, 4.69) is 10.4 Å². The van der Waals surface area contributed by atoms with E-state index in [1.165, 1.54) is 11.4 Å². The van der Waals surface area contributed by atoms with Crippen LogP contribution in [0.15, 0.2) is 28.2 Å². The Morgan fingerprint density at radius 2 is 1.81 bits per heavy atom. The number of hydrogen-bond donors (Lipinski definition) is 3. The molecule has 1 aliphatic carbocycles. The first-order chi connectivity index (χ1) is 14.3. The van der Waals surface area contributed by atoms with Crippen LogP contribution < -0.4 is 16.9 Å².